The van der Waals surface area contributed by atoms with E-state index in [1.807, 2.05) is 0 Å². The molecule has 2 aromatic rings. The largest absolute Gasteiger partial charge is 0.507 e. The molecule has 0 saturated carbocycles. The average molecular weight is 358 g/mol. The van der Waals surface area contributed by atoms with E-state index in [-0.39, 0.29) is 35.4 Å². The van der Waals surface area contributed by atoms with E-state index in [2.05, 4.69) is 5.32 Å². The number of fused-ring (bicyclic) bond motifs is 1. The zero-order valence-electron chi connectivity index (χ0n) is 13.9. The number of aliphatic hydroxyl groups excluding tert-OH is 1. The SMILES string of the molecule is CNC(=O)C1=C(O)c2ccccc2N(Cc2cccc(F)c2F)C(=O)C1. The van der Waals surface area contributed by atoms with Crippen molar-refractivity contribution in [3.8, 4) is 0 Å². The van der Waals surface area contributed by atoms with Crippen molar-refractivity contribution >= 4 is 23.3 Å². The van der Waals surface area contributed by atoms with Crippen molar-refractivity contribution in [1.82, 2.24) is 5.32 Å². The normalized spacial score (nSPS) is 14.1. The van der Waals surface area contributed by atoms with E-state index >= 15 is 0 Å². The fourth-order valence-corrected chi connectivity index (χ4v) is 2.89. The predicted molar refractivity (Wildman–Crippen MR) is 92.2 cm³/mol. The molecule has 0 fully saturated rings. The molecule has 0 atom stereocenters. The molecule has 134 valence electrons. The molecule has 1 aliphatic heterocycles. The first-order valence-corrected chi connectivity index (χ1v) is 7.91. The standard InChI is InChI=1S/C19H16F2N2O3/c1-22-19(26)13-9-16(24)23(10-11-5-4-7-14(20)17(11)21)15-8-3-2-6-12(15)18(13)25/h2-8,25H,9-10H2,1H3,(H,22,26). The van der Waals surface area contributed by atoms with Crippen LogP contribution in [0.3, 0.4) is 0 Å². The Morgan fingerprint density at radius 1 is 1.19 bits per heavy atom. The van der Waals surface area contributed by atoms with Gasteiger partial charge in [0.25, 0.3) is 5.91 Å². The number of anilines is 1. The number of nitrogens with zero attached hydrogens (tertiary/aromatic N) is 1. The highest BCUT2D eigenvalue weighted by atomic mass is 19.2. The van der Waals surface area contributed by atoms with Crippen LogP contribution in [0.4, 0.5) is 14.5 Å². The van der Waals surface area contributed by atoms with Crippen LogP contribution >= 0.6 is 0 Å². The lowest BCUT2D eigenvalue weighted by Crippen LogP contribution is -2.32. The fraction of sp³-hybridized carbons (Fsp3) is 0.158. The molecule has 3 rings (SSSR count). The van der Waals surface area contributed by atoms with E-state index in [9.17, 15) is 23.5 Å². The van der Waals surface area contributed by atoms with Crippen molar-refractivity contribution in [1.29, 1.82) is 0 Å². The first kappa shape index (κ1) is 17.6. The number of hydrogen-bond acceptors (Lipinski definition) is 3. The quantitative estimate of drug-likeness (QED) is 0.886. The van der Waals surface area contributed by atoms with Crippen molar-refractivity contribution in [2.45, 2.75) is 13.0 Å². The van der Waals surface area contributed by atoms with Gasteiger partial charge in [-0.1, -0.05) is 24.3 Å². The molecule has 1 heterocycles. The number of benzene rings is 2. The van der Waals surface area contributed by atoms with Gasteiger partial charge in [-0.2, -0.15) is 0 Å². The van der Waals surface area contributed by atoms with Crippen LogP contribution in [0.25, 0.3) is 5.76 Å². The van der Waals surface area contributed by atoms with Gasteiger partial charge in [0.05, 0.1) is 24.2 Å². The van der Waals surface area contributed by atoms with Gasteiger partial charge in [0.15, 0.2) is 11.6 Å². The molecule has 0 bridgehead atoms. The minimum absolute atomic E-state index is 0.00367. The Balaban J connectivity index is 2.09. The van der Waals surface area contributed by atoms with Crippen LogP contribution < -0.4 is 10.2 Å². The van der Waals surface area contributed by atoms with Crippen LogP contribution in [-0.2, 0) is 16.1 Å². The number of para-hydroxylation sites is 1. The molecule has 5 nitrogen and oxygen atoms in total. The average Bonchev–Trinajstić information content (AvgIpc) is 2.75. The number of halogens is 2. The molecular formula is C19H16F2N2O3. The molecule has 0 aromatic heterocycles. The van der Waals surface area contributed by atoms with Gasteiger partial charge in [-0.05, 0) is 18.2 Å². The number of hydrogen-bond donors (Lipinski definition) is 2. The second-order valence-electron chi connectivity index (χ2n) is 5.79. The third kappa shape index (κ3) is 3.03. The lowest BCUT2D eigenvalue weighted by molar-refractivity contribution is -0.121. The van der Waals surface area contributed by atoms with Gasteiger partial charge < -0.3 is 15.3 Å². The van der Waals surface area contributed by atoms with Crippen LogP contribution in [0.15, 0.2) is 48.0 Å². The number of rotatable bonds is 3. The van der Waals surface area contributed by atoms with Gasteiger partial charge in [-0.25, -0.2) is 8.78 Å². The number of carbonyl (C=O) groups excluding carboxylic acids is 2. The zero-order chi connectivity index (χ0) is 18.8. The van der Waals surface area contributed by atoms with Crippen molar-refractivity contribution in [2.75, 3.05) is 11.9 Å². The zero-order valence-corrected chi connectivity index (χ0v) is 13.9. The Morgan fingerprint density at radius 2 is 1.92 bits per heavy atom. The lowest BCUT2D eigenvalue weighted by atomic mass is 10.1. The molecule has 0 unspecified atom stereocenters. The number of aliphatic hydroxyl groups is 1. The maximum Gasteiger partial charge on any atom is 0.251 e. The van der Waals surface area contributed by atoms with Crippen molar-refractivity contribution in [3.05, 3.63) is 70.8 Å². The van der Waals surface area contributed by atoms with Crippen molar-refractivity contribution in [3.63, 3.8) is 0 Å². The summed E-state index contributed by atoms with van der Waals surface area (Å²) in [5.74, 6) is -3.44. The van der Waals surface area contributed by atoms with Crippen LogP contribution in [0.1, 0.15) is 17.5 Å². The third-order valence-electron chi connectivity index (χ3n) is 4.23. The first-order valence-electron chi connectivity index (χ1n) is 7.91. The van der Waals surface area contributed by atoms with E-state index < -0.39 is 23.4 Å². The Labute approximate surface area is 148 Å². The summed E-state index contributed by atoms with van der Waals surface area (Å²) in [7, 11) is 1.39. The van der Waals surface area contributed by atoms with Crippen LogP contribution in [0.5, 0.6) is 0 Å². The molecule has 2 amide bonds. The molecule has 2 N–H and O–H groups in total. The Kier molecular flexibility index (Phi) is 4.71. The van der Waals surface area contributed by atoms with Gasteiger partial charge in [0.2, 0.25) is 5.91 Å². The predicted octanol–water partition coefficient (Wildman–Crippen LogP) is 2.92. The second kappa shape index (κ2) is 6.95. The minimum atomic E-state index is -1.04. The van der Waals surface area contributed by atoms with Crippen LogP contribution in [0.2, 0.25) is 0 Å². The number of likely N-dealkylation sites (N-methyl/N-ethyl adjacent to an activating group) is 1. The highest BCUT2D eigenvalue weighted by Gasteiger charge is 2.30. The monoisotopic (exact) mass is 358 g/mol. The second-order valence-corrected chi connectivity index (χ2v) is 5.79. The molecule has 0 saturated heterocycles. The van der Waals surface area contributed by atoms with Crippen molar-refractivity contribution < 1.29 is 23.5 Å². The summed E-state index contributed by atoms with van der Waals surface area (Å²) in [5.41, 5.74) is 0.509. The van der Waals surface area contributed by atoms with Crippen LogP contribution in [-0.4, -0.2) is 24.0 Å². The van der Waals surface area contributed by atoms with E-state index in [0.29, 0.717) is 5.69 Å². The Hall–Kier alpha value is -3.22. The van der Waals surface area contributed by atoms with E-state index in [1.54, 1.807) is 24.3 Å². The molecule has 0 radical (unpaired) electrons. The topological polar surface area (TPSA) is 69.6 Å². The highest BCUT2D eigenvalue weighted by molar-refractivity contribution is 6.10. The van der Waals surface area contributed by atoms with Gasteiger partial charge in [-0.3, -0.25) is 9.59 Å². The summed E-state index contributed by atoms with van der Waals surface area (Å²) >= 11 is 0. The minimum Gasteiger partial charge on any atom is -0.507 e. The van der Waals surface area contributed by atoms with Crippen molar-refractivity contribution in [2.24, 2.45) is 0 Å². The van der Waals surface area contributed by atoms with Gasteiger partial charge in [0, 0.05) is 18.2 Å². The summed E-state index contributed by atoms with van der Waals surface area (Å²) in [6, 6.07) is 10.2. The van der Waals surface area contributed by atoms with Crippen LogP contribution in [0, 0.1) is 11.6 Å². The number of nitrogens with one attached hydrogen (secondary N) is 1. The Morgan fingerprint density at radius 3 is 2.65 bits per heavy atom. The summed E-state index contributed by atoms with van der Waals surface area (Å²) < 4.78 is 27.6. The highest BCUT2D eigenvalue weighted by Crippen LogP contribution is 2.34. The maximum atomic E-state index is 14.1. The molecule has 1 aliphatic rings. The smallest absolute Gasteiger partial charge is 0.251 e. The molecule has 0 aliphatic carbocycles. The van der Waals surface area contributed by atoms with E-state index in [1.165, 1.54) is 24.1 Å². The lowest BCUT2D eigenvalue weighted by Gasteiger charge is -2.23. The Bertz CT molecular complexity index is 925. The summed E-state index contributed by atoms with van der Waals surface area (Å²) in [6.07, 6.45) is -0.364. The molecule has 2 aromatic carbocycles. The number of amides is 2. The molecule has 7 heteroatoms. The first-order chi connectivity index (χ1) is 12.4. The fourth-order valence-electron chi connectivity index (χ4n) is 2.89. The summed E-state index contributed by atoms with van der Waals surface area (Å²) in [6.45, 7) is -0.228. The maximum absolute atomic E-state index is 14.1. The molecular weight excluding hydrogens is 342 g/mol. The summed E-state index contributed by atoms with van der Waals surface area (Å²) in [5, 5.41) is 12.9. The van der Waals surface area contributed by atoms with E-state index in [0.717, 1.165) is 6.07 Å². The molecule has 0 spiro atoms. The summed E-state index contributed by atoms with van der Waals surface area (Å²) in [4.78, 5) is 26.0. The molecule has 26 heavy (non-hydrogen) atoms. The number of carbonyl (C=O) groups is 2. The van der Waals surface area contributed by atoms with E-state index in [4.69, 9.17) is 0 Å². The third-order valence-corrected chi connectivity index (χ3v) is 4.23. The van der Waals surface area contributed by atoms with Gasteiger partial charge >= 0.3 is 0 Å². The van der Waals surface area contributed by atoms with Gasteiger partial charge in [-0.15, -0.1) is 0 Å². The van der Waals surface area contributed by atoms with Gasteiger partial charge in [0.1, 0.15) is 5.76 Å².